The zero-order valence-corrected chi connectivity index (χ0v) is 20.4. The zero-order chi connectivity index (χ0) is 24.2. The van der Waals surface area contributed by atoms with Gasteiger partial charge in [0.05, 0.1) is 26.2 Å². The number of ether oxygens (including phenoxy) is 3. The van der Waals surface area contributed by atoms with Crippen LogP contribution in [0.1, 0.15) is 43.0 Å². The molecule has 0 bridgehead atoms. The second-order valence-electron chi connectivity index (χ2n) is 8.93. The number of methoxy groups -OCH3 is 2. The average Bonchev–Trinajstić information content (AvgIpc) is 3.08. The summed E-state index contributed by atoms with van der Waals surface area (Å²) in [5.41, 5.74) is 6.13. The van der Waals surface area contributed by atoms with Gasteiger partial charge in [-0.25, -0.2) is 9.48 Å². The molecule has 0 saturated heterocycles. The second-order valence-corrected chi connectivity index (χ2v) is 8.93. The number of nitrogens with zero attached hydrogens (tertiary/aromatic N) is 2. The minimum atomic E-state index is -0.470. The van der Waals surface area contributed by atoms with Gasteiger partial charge in [0.15, 0.2) is 0 Å². The summed E-state index contributed by atoms with van der Waals surface area (Å²) in [4.78, 5) is 12.3. The molecule has 0 N–H and O–H groups in total. The van der Waals surface area contributed by atoms with Gasteiger partial charge in [0.2, 0.25) is 5.88 Å². The largest absolute Gasteiger partial charge is 0.503 e. The second kappa shape index (κ2) is 9.94. The summed E-state index contributed by atoms with van der Waals surface area (Å²) in [7, 11) is 4.71. The maximum atomic E-state index is 12.3. The van der Waals surface area contributed by atoms with Crippen LogP contribution in [0, 0.1) is 6.92 Å². The van der Waals surface area contributed by atoms with Crippen LogP contribution in [0.3, 0.4) is 0 Å². The molecule has 0 saturated carbocycles. The van der Waals surface area contributed by atoms with E-state index in [0.29, 0.717) is 17.0 Å². The van der Waals surface area contributed by atoms with Crippen LogP contribution in [0.5, 0.6) is 5.88 Å². The minimum absolute atomic E-state index is 0.0969. The van der Waals surface area contributed by atoms with Crippen molar-refractivity contribution in [2.24, 2.45) is 7.05 Å². The first-order chi connectivity index (χ1) is 15.7. The van der Waals surface area contributed by atoms with Crippen molar-refractivity contribution in [1.29, 1.82) is 0 Å². The summed E-state index contributed by atoms with van der Waals surface area (Å²) in [6, 6.07) is 16.0. The molecule has 1 aromatic heterocycles. The highest BCUT2D eigenvalue weighted by Gasteiger charge is 2.20. The van der Waals surface area contributed by atoms with Gasteiger partial charge < -0.3 is 14.2 Å². The fraction of sp³-hybridized carbons (Fsp3) is 0.333. The normalized spacial score (nSPS) is 11.9. The van der Waals surface area contributed by atoms with Gasteiger partial charge >= 0.3 is 5.97 Å². The Hall–Kier alpha value is -3.54. The molecule has 0 aliphatic carbocycles. The minimum Gasteiger partial charge on any atom is -0.503 e. The number of aromatic nitrogens is 2. The number of aryl methyl sites for hydroxylation is 1. The average molecular weight is 449 g/mol. The van der Waals surface area contributed by atoms with Gasteiger partial charge in [-0.05, 0) is 29.0 Å². The predicted octanol–water partition coefficient (Wildman–Crippen LogP) is 5.43. The molecule has 2 aromatic carbocycles. The highest BCUT2D eigenvalue weighted by atomic mass is 16.5. The number of hydrogen-bond donors (Lipinski definition) is 0. The summed E-state index contributed by atoms with van der Waals surface area (Å²) in [5.74, 6) is 0.206. The lowest BCUT2D eigenvalue weighted by molar-refractivity contribution is -0.133. The highest BCUT2D eigenvalue weighted by Crippen LogP contribution is 2.32. The van der Waals surface area contributed by atoms with Crippen molar-refractivity contribution in [2.75, 3.05) is 14.2 Å². The molecule has 3 rings (SSSR count). The van der Waals surface area contributed by atoms with E-state index in [-0.39, 0.29) is 12.0 Å². The van der Waals surface area contributed by atoms with Crippen LogP contribution < -0.4 is 4.74 Å². The van der Waals surface area contributed by atoms with Crippen molar-refractivity contribution >= 4 is 11.5 Å². The maximum absolute atomic E-state index is 12.3. The predicted molar refractivity (Wildman–Crippen MR) is 130 cm³/mol. The number of rotatable bonds is 7. The molecule has 0 radical (unpaired) electrons. The Labute approximate surface area is 195 Å². The van der Waals surface area contributed by atoms with Crippen LogP contribution in [-0.4, -0.2) is 30.0 Å². The number of carbonyl (C=O) groups excluding carboxylic acids is 1. The molecular weight excluding hydrogens is 416 g/mol. The van der Waals surface area contributed by atoms with E-state index in [9.17, 15) is 4.79 Å². The van der Waals surface area contributed by atoms with Gasteiger partial charge in [0.1, 0.15) is 12.2 Å². The van der Waals surface area contributed by atoms with Crippen molar-refractivity contribution in [3.63, 3.8) is 0 Å². The van der Waals surface area contributed by atoms with Gasteiger partial charge in [0, 0.05) is 18.2 Å². The molecule has 6 heteroatoms. The molecular formula is C27H32N2O4. The lowest BCUT2D eigenvalue weighted by Gasteiger charge is -2.19. The van der Waals surface area contributed by atoms with Crippen LogP contribution in [0.4, 0.5) is 0 Å². The number of carbonyl (C=O) groups is 1. The van der Waals surface area contributed by atoms with Crippen LogP contribution in [0.25, 0.3) is 16.8 Å². The van der Waals surface area contributed by atoms with E-state index in [1.54, 1.807) is 4.68 Å². The molecule has 33 heavy (non-hydrogen) atoms. The van der Waals surface area contributed by atoms with Gasteiger partial charge in [-0.3, -0.25) is 0 Å². The van der Waals surface area contributed by atoms with Gasteiger partial charge in [-0.1, -0.05) is 69.3 Å². The van der Waals surface area contributed by atoms with E-state index < -0.39 is 5.97 Å². The molecule has 3 aromatic rings. The first kappa shape index (κ1) is 24.1. The molecule has 0 unspecified atom stereocenters. The molecule has 0 spiro atoms. The van der Waals surface area contributed by atoms with Crippen LogP contribution in [0.2, 0.25) is 0 Å². The monoisotopic (exact) mass is 448 g/mol. The van der Waals surface area contributed by atoms with E-state index in [4.69, 9.17) is 19.3 Å². The molecule has 0 atom stereocenters. The lowest BCUT2D eigenvalue weighted by atomic mass is 9.86. The summed E-state index contributed by atoms with van der Waals surface area (Å²) >= 11 is 0. The van der Waals surface area contributed by atoms with Gasteiger partial charge in [0.25, 0.3) is 0 Å². The first-order valence-corrected chi connectivity index (χ1v) is 10.8. The first-order valence-electron chi connectivity index (χ1n) is 10.8. The van der Waals surface area contributed by atoms with Gasteiger partial charge in [-0.2, -0.15) is 5.10 Å². The van der Waals surface area contributed by atoms with Crippen LogP contribution >= 0.6 is 0 Å². The summed E-state index contributed by atoms with van der Waals surface area (Å²) < 4.78 is 18.0. The van der Waals surface area contributed by atoms with Crippen LogP contribution in [-0.2, 0) is 33.3 Å². The molecule has 174 valence electrons. The topological polar surface area (TPSA) is 62.6 Å². The molecule has 0 fully saturated rings. The van der Waals surface area contributed by atoms with Crippen molar-refractivity contribution in [2.45, 2.75) is 39.7 Å². The standard InChI is InChI=1S/C27H32N2O4/c1-18-24(19-12-14-21(15-13-19)27(2,3)4)28-29(5)25(18)33-16-20-10-8-9-11-22(20)23(17-31-6)26(30)32-7/h8-15,17H,16H2,1-7H3/b23-17+. The molecule has 0 amide bonds. The molecule has 0 aliphatic rings. The van der Waals surface area contributed by atoms with Crippen molar-refractivity contribution in [1.82, 2.24) is 9.78 Å². The SMILES string of the molecule is CO/C=C(/C(=O)OC)c1ccccc1COc1c(C)c(-c2ccc(C(C)(C)C)cc2)nn1C. The van der Waals surface area contributed by atoms with Crippen molar-refractivity contribution in [3.8, 4) is 17.1 Å². The Kier molecular flexibility index (Phi) is 7.26. The Morgan fingerprint density at radius 2 is 1.73 bits per heavy atom. The smallest absolute Gasteiger partial charge is 0.341 e. The van der Waals surface area contributed by atoms with Crippen LogP contribution in [0.15, 0.2) is 54.8 Å². The van der Waals surface area contributed by atoms with E-state index in [1.165, 1.54) is 26.0 Å². The third-order valence-electron chi connectivity index (χ3n) is 5.56. The highest BCUT2D eigenvalue weighted by molar-refractivity contribution is 6.16. The molecule has 6 nitrogen and oxygen atoms in total. The van der Waals surface area contributed by atoms with Crippen molar-refractivity contribution in [3.05, 3.63) is 77.0 Å². The maximum Gasteiger partial charge on any atom is 0.341 e. The third-order valence-corrected chi connectivity index (χ3v) is 5.56. The zero-order valence-electron chi connectivity index (χ0n) is 20.4. The Morgan fingerprint density at radius 3 is 2.33 bits per heavy atom. The molecule has 1 heterocycles. The Bertz CT molecular complexity index is 1150. The number of esters is 1. The number of benzene rings is 2. The van der Waals surface area contributed by atoms with E-state index in [2.05, 4.69) is 45.0 Å². The lowest BCUT2D eigenvalue weighted by Crippen LogP contribution is -2.10. The summed E-state index contributed by atoms with van der Waals surface area (Å²) in [6.07, 6.45) is 1.39. The Balaban J connectivity index is 1.88. The van der Waals surface area contributed by atoms with E-state index >= 15 is 0 Å². The fourth-order valence-corrected chi connectivity index (χ4v) is 3.72. The van der Waals surface area contributed by atoms with E-state index in [0.717, 1.165) is 22.4 Å². The number of hydrogen-bond acceptors (Lipinski definition) is 5. The Morgan fingerprint density at radius 1 is 1.06 bits per heavy atom. The fourth-order valence-electron chi connectivity index (χ4n) is 3.72. The van der Waals surface area contributed by atoms with Gasteiger partial charge in [-0.15, -0.1) is 0 Å². The quantitative estimate of drug-likeness (QED) is 0.274. The molecule has 0 aliphatic heterocycles. The van der Waals surface area contributed by atoms with Crippen molar-refractivity contribution < 1.29 is 19.0 Å². The van der Waals surface area contributed by atoms with E-state index in [1.807, 2.05) is 38.2 Å². The summed E-state index contributed by atoms with van der Waals surface area (Å²) in [5, 5.41) is 4.70. The summed E-state index contributed by atoms with van der Waals surface area (Å²) in [6.45, 7) is 8.87. The third kappa shape index (κ3) is 5.28.